The minimum absolute atomic E-state index is 0.213. The molecule has 38 heavy (non-hydrogen) atoms. The minimum Gasteiger partial charge on any atom is -0.481 e. The van der Waals surface area contributed by atoms with Crippen LogP contribution in [-0.4, -0.2) is 45.2 Å². The van der Waals surface area contributed by atoms with Crippen molar-refractivity contribution in [3.8, 4) is 11.5 Å². The summed E-state index contributed by atoms with van der Waals surface area (Å²) in [7, 11) is 1.60. The molecule has 200 valence electrons. The number of carboxylic acid groups (broad SMARTS) is 1. The molecule has 0 saturated heterocycles. The first-order chi connectivity index (χ1) is 18.2. The van der Waals surface area contributed by atoms with Gasteiger partial charge in [0.2, 0.25) is 11.7 Å². The number of aliphatic carboxylic acids is 1. The number of halogens is 1. The van der Waals surface area contributed by atoms with E-state index in [-0.39, 0.29) is 22.5 Å². The Morgan fingerprint density at radius 2 is 1.92 bits per heavy atom. The molecule has 0 spiro atoms. The van der Waals surface area contributed by atoms with Gasteiger partial charge in [-0.05, 0) is 44.9 Å². The van der Waals surface area contributed by atoms with Gasteiger partial charge in [-0.2, -0.15) is 0 Å². The van der Waals surface area contributed by atoms with Crippen LogP contribution in [0, 0.1) is 18.8 Å². The smallest absolute Gasteiger partial charge is 0.412 e. The summed E-state index contributed by atoms with van der Waals surface area (Å²) in [5.74, 6) is -2.25. The number of nitrogens with one attached hydrogen (secondary N) is 1. The fourth-order valence-corrected chi connectivity index (χ4v) is 4.84. The van der Waals surface area contributed by atoms with Gasteiger partial charge in [0.1, 0.15) is 28.3 Å². The summed E-state index contributed by atoms with van der Waals surface area (Å²) in [4.78, 5) is 47.1. The monoisotopic (exact) mass is 541 g/mol. The second-order valence-electron chi connectivity index (χ2n) is 9.16. The number of aryl methyl sites for hydroxylation is 1. The quantitative estimate of drug-likeness (QED) is 0.382. The van der Waals surface area contributed by atoms with Crippen LogP contribution in [0.4, 0.5) is 16.2 Å². The molecule has 1 fully saturated rings. The molecule has 1 saturated carbocycles. The van der Waals surface area contributed by atoms with Crippen LogP contribution in [0.2, 0.25) is 5.15 Å². The van der Waals surface area contributed by atoms with Crippen LogP contribution >= 0.6 is 11.6 Å². The number of carbonyl (C=O) groups excluding carboxylic acids is 2. The van der Waals surface area contributed by atoms with Crippen LogP contribution in [0.3, 0.4) is 0 Å². The van der Waals surface area contributed by atoms with Crippen molar-refractivity contribution in [2.45, 2.75) is 45.6 Å². The van der Waals surface area contributed by atoms with E-state index in [9.17, 15) is 19.5 Å². The van der Waals surface area contributed by atoms with Crippen LogP contribution in [0.1, 0.15) is 50.0 Å². The van der Waals surface area contributed by atoms with Crippen LogP contribution in [-0.2, 0) is 14.3 Å². The van der Waals surface area contributed by atoms with Gasteiger partial charge in [0.05, 0.1) is 23.7 Å². The number of carbonyl (C=O) groups is 3. The topological polar surface area (TPSA) is 148 Å². The maximum Gasteiger partial charge on any atom is 0.412 e. The molecule has 1 aliphatic rings. The summed E-state index contributed by atoms with van der Waals surface area (Å²) in [5.41, 5.74) is 2.14. The number of aromatic nitrogens is 3. The lowest BCUT2D eigenvalue weighted by Gasteiger charge is -2.30. The molecule has 4 rings (SSSR count). The summed E-state index contributed by atoms with van der Waals surface area (Å²) >= 11 is 6.09. The summed E-state index contributed by atoms with van der Waals surface area (Å²) in [6, 6.07) is 6.71. The third-order valence-electron chi connectivity index (χ3n) is 6.70. The highest BCUT2D eigenvalue weighted by atomic mass is 35.5. The summed E-state index contributed by atoms with van der Waals surface area (Å²) < 4.78 is 10.9. The van der Waals surface area contributed by atoms with Crippen molar-refractivity contribution in [3.05, 3.63) is 53.1 Å². The fourth-order valence-electron chi connectivity index (χ4n) is 4.57. The van der Waals surface area contributed by atoms with Gasteiger partial charge in [-0.3, -0.25) is 19.9 Å². The number of carboxylic acids is 1. The maximum absolute atomic E-state index is 13.1. The molecule has 12 heteroatoms. The molecule has 3 aromatic heterocycles. The molecule has 0 aromatic carbocycles. The van der Waals surface area contributed by atoms with Gasteiger partial charge >= 0.3 is 12.1 Å². The highest BCUT2D eigenvalue weighted by Crippen LogP contribution is 2.34. The lowest BCUT2D eigenvalue weighted by Crippen LogP contribution is -2.40. The standard InChI is InChI=1S/C26H28ClN5O6/c1-14-21(30-26(36)37-15(2)17-9-6-12-28-23(17)27)22(38-31-14)20-11-10-16(13-29-20)32(3)24(33)18-7-4-5-8-19(18)25(34)35/h6,9-13,15,18-19H,4-5,7-8H2,1-3H3,(H,30,36)(H,34,35)/t15-,18?,19?/m1/s1. The molecular formula is C26H28ClN5O6. The van der Waals surface area contributed by atoms with E-state index >= 15 is 0 Å². The number of ether oxygens (including phenoxy) is 1. The molecule has 3 aromatic rings. The molecule has 0 radical (unpaired) electrons. The number of hydrogen-bond donors (Lipinski definition) is 2. The molecule has 2 unspecified atom stereocenters. The van der Waals surface area contributed by atoms with Crippen molar-refractivity contribution in [1.29, 1.82) is 0 Å². The van der Waals surface area contributed by atoms with Gasteiger partial charge in [0.25, 0.3) is 0 Å². The predicted octanol–water partition coefficient (Wildman–Crippen LogP) is 5.26. The Labute approximate surface area is 224 Å². The molecule has 0 aliphatic heterocycles. The van der Waals surface area contributed by atoms with Crippen LogP contribution in [0.5, 0.6) is 0 Å². The Morgan fingerprint density at radius 1 is 1.18 bits per heavy atom. The molecule has 2 amide bonds. The number of nitrogens with zero attached hydrogens (tertiary/aromatic N) is 4. The Kier molecular flexibility index (Phi) is 8.26. The Balaban J connectivity index is 1.47. The first-order valence-corrected chi connectivity index (χ1v) is 12.6. The van der Waals surface area contributed by atoms with Crippen molar-refractivity contribution in [1.82, 2.24) is 15.1 Å². The van der Waals surface area contributed by atoms with Crippen molar-refractivity contribution >= 4 is 40.9 Å². The van der Waals surface area contributed by atoms with E-state index < -0.39 is 30.0 Å². The van der Waals surface area contributed by atoms with Crippen LogP contribution in [0.15, 0.2) is 41.2 Å². The SMILES string of the molecule is Cc1noc(-c2ccc(N(C)C(=O)C3CCCCC3C(=O)O)cn2)c1NC(=O)O[C@H](C)c1cccnc1Cl. The number of amides is 2. The summed E-state index contributed by atoms with van der Waals surface area (Å²) in [6.45, 7) is 3.34. The number of anilines is 2. The second kappa shape index (κ2) is 11.6. The normalized spacial score (nSPS) is 17.9. The van der Waals surface area contributed by atoms with Crippen molar-refractivity contribution in [2.75, 3.05) is 17.3 Å². The van der Waals surface area contributed by atoms with E-state index in [0.717, 1.165) is 12.8 Å². The summed E-state index contributed by atoms with van der Waals surface area (Å²) in [6.07, 6.45) is 4.29. The van der Waals surface area contributed by atoms with E-state index in [2.05, 4.69) is 20.4 Å². The Morgan fingerprint density at radius 3 is 2.58 bits per heavy atom. The highest BCUT2D eigenvalue weighted by molar-refractivity contribution is 6.30. The summed E-state index contributed by atoms with van der Waals surface area (Å²) in [5, 5.41) is 16.4. The van der Waals surface area contributed by atoms with Gasteiger partial charge in [-0.25, -0.2) is 9.78 Å². The van der Waals surface area contributed by atoms with E-state index in [1.54, 1.807) is 51.4 Å². The van der Waals surface area contributed by atoms with E-state index in [4.69, 9.17) is 20.9 Å². The lowest BCUT2D eigenvalue weighted by molar-refractivity contribution is -0.148. The highest BCUT2D eigenvalue weighted by Gasteiger charge is 2.37. The van der Waals surface area contributed by atoms with Crippen molar-refractivity contribution in [2.24, 2.45) is 11.8 Å². The molecule has 3 heterocycles. The molecule has 2 N–H and O–H groups in total. The first kappa shape index (κ1) is 27.1. The average molecular weight is 542 g/mol. The zero-order chi connectivity index (χ0) is 27.4. The molecule has 1 aliphatic carbocycles. The van der Waals surface area contributed by atoms with Crippen molar-refractivity contribution < 1.29 is 28.8 Å². The third kappa shape index (κ3) is 5.77. The maximum atomic E-state index is 13.1. The zero-order valence-corrected chi connectivity index (χ0v) is 21.9. The molecule has 0 bridgehead atoms. The number of rotatable bonds is 7. The Hall–Kier alpha value is -3.99. The van der Waals surface area contributed by atoms with E-state index in [1.807, 2.05) is 0 Å². The first-order valence-electron chi connectivity index (χ1n) is 12.2. The van der Waals surface area contributed by atoms with Crippen LogP contribution < -0.4 is 10.2 Å². The molecule has 3 atom stereocenters. The molecule has 11 nitrogen and oxygen atoms in total. The van der Waals surface area contributed by atoms with Gasteiger partial charge < -0.3 is 19.3 Å². The van der Waals surface area contributed by atoms with Crippen molar-refractivity contribution in [3.63, 3.8) is 0 Å². The van der Waals surface area contributed by atoms with Gasteiger partial charge in [-0.1, -0.05) is 35.7 Å². The third-order valence-corrected chi connectivity index (χ3v) is 7.01. The van der Waals surface area contributed by atoms with Gasteiger partial charge in [0.15, 0.2) is 0 Å². The second-order valence-corrected chi connectivity index (χ2v) is 9.52. The molecular weight excluding hydrogens is 514 g/mol. The van der Waals surface area contributed by atoms with E-state index in [0.29, 0.717) is 35.5 Å². The van der Waals surface area contributed by atoms with E-state index in [1.165, 1.54) is 11.1 Å². The number of pyridine rings is 2. The van der Waals surface area contributed by atoms with Gasteiger partial charge in [-0.15, -0.1) is 0 Å². The Bertz CT molecular complexity index is 1330. The zero-order valence-electron chi connectivity index (χ0n) is 21.2. The van der Waals surface area contributed by atoms with Crippen LogP contribution in [0.25, 0.3) is 11.5 Å². The largest absolute Gasteiger partial charge is 0.481 e. The number of hydrogen-bond acceptors (Lipinski definition) is 8. The minimum atomic E-state index is -0.943. The van der Waals surface area contributed by atoms with Gasteiger partial charge in [0, 0.05) is 18.8 Å². The predicted molar refractivity (Wildman–Crippen MR) is 139 cm³/mol. The lowest BCUT2D eigenvalue weighted by atomic mass is 9.78. The average Bonchev–Trinajstić information content (AvgIpc) is 3.27. The fraction of sp³-hybridized carbons (Fsp3) is 0.385.